The molecule has 0 atom stereocenters. The number of nitriles is 1. The molecule has 2 aromatic rings. The van der Waals surface area contributed by atoms with Crippen LogP contribution in [-0.4, -0.2) is 4.98 Å². The van der Waals surface area contributed by atoms with Crippen molar-refractivity contribution in [2.24, 2.45) is 0 Å². The Kier molecular flexibility index (Phi) is 2.40. The molecule has 2 rings (SSSR count). The molecule has 68 valence electrons. The van der Waals surface area contributed by atoms with Gasteiger partial charge in [0.15, 0.2) is 0 Å². The molecule has 1 aromatic heterocycles. The molecule has 0 aliphatic rings. The van der Waals surface area contributed by atoms with Gasteiger partial charge in [0.1, 0.15) is 0 Å². The monoisotopic (exact) mass is 266 g/mol. The minimum absolute atomic E-state index is 0.569. The third kappa shape index (κ3) is 1.47. The van der Waals surface area contributed by atoms with Crippen molar-refractivity contribution in [2.45, 2.75) is 0 Å². The lowest BCUT2D eigenvalue weighted by atomic mass is 10.1. The molecular weight excluding hydrogens is 263 g/mol. The highest BCUT2D eigenvalue weighted by Gasteiger charge is 2.05. The maximum atomic E-state index is 8.78. The first-order chi connectivity index (χ1) is 6.72. The topological polar surface area (TPSA) is 36.7 Å². The van der Waals surface area contributed by atoms with E-state index in [1.165, 1.54) is 0 Å². The number of nitrogens with zero attached hydrogens (tertiary/aromatic N) is 2. The molecule has 2 nitrogen and oxygen atoms in total. The summed E-state index contributed by atoms with van der Waals surface area (Å²) in [4.78, 5) is 4.18. The number of hydrogen-bond donors (Lipinski definition) is 0. The third-order valence-corrected chi connectivity index (χ3v) is 2.81. The van der Waals surface area contributed by atoms with Gasteiger partial charge in [0.25, 0.3) is 0 Å². The van der Waals surface area contributed by atoms with E-state index in [1.54, 1.807) is 24.4 Å². The standard InChI is InChI=1S/C10H4BrClN2/c11-8-4-6(5-13)3-7-9(12)1-2-14-10(7)8/h1-4H. The second-order valence-corrected chi connectivity index (χ2v) is 4.02. The fourth-order valence-electron chi connectivity index (χ4n) is 1.24. The summed E-state index contributed by atoms with van der Waals surface area (Å²) < 4.78 is 0.786. The average molecular weight is 268 g/mol. The lowest BCUT2D eigenvalue weighted by molar-refractivity contribution is 1.39. The van der Waals surface area contributed by atoms with Gasteiger partial charge >= 0.3 is 0 Å². The maximum Gasteiger partial charge on any atom is 0.0992 e. The summed E-state index contributed by atoms with van der Waals surface area (Å²) in [5, 5.41) is 10.2. The fraction of sp³-hybridized carbons (Fsp3) is 0. The average Bonchev–Trinajstić information content (AvgIpc) is 2.19. The van der Waals surface area contributed by atoms with Crippen molar-refractivity contribution < 1.29 is 0 Å². The van der Waals surface area contributed by atoms with Gasteiger partial charge < -0.3 is 0 Å². The molecule has 0 saturated heterocycles. The lowest BCUT2D eigenvalue weighted by Crippen LogP contribution is -1.83. The van der Waals surface area contributed by atoms with Gasteiger partial charge in [0.05, 0.1) is 22.2 Å². The van der Waals surface area contributed by atoms with E-state index in [0.29, 0.717) is 10.6 Å². The second kappa shape index (κ2) is 3.56. The second-order valence-electron chi connectivity index (χ2n) is 2.76. The zero-order valence-electron chi connectivity index (χ0n) is 6.96. The van der Waals surface area contributed by atoms with Crippen LogP contribution < -0.4 is 0 Å². The summed E-state index contributed by atoms with van der Waals surface area (Å²) in [6.45, 7) is 0. The number of pyridine rings is 1. The van der Waals surface area contributed by atoms with Crippen molar-refractivity contribution in [1.82, 2.24) is 4.98 Å². The van der Waals surface area contributed by atoms with E-state index in [9.17, 15) is 0 Å². The van der Waals surface area contributed by atoms with Crippen LogP contribution in [0.5, 0.6) is 0 Å². The number of rotatable bonds is 0. The summed E-state index contributed by atoms with van der Waals surface area (Å²) in [7, 11) is 0. The van der Waals surface area contributed by atoms with Gasteiger partial charge in [-0.05, 0) is 34.1 Å². The smallest absolute Gasteiger partial charge is 0.0992 e. The Morgan fingerprint density at radius 3 is 2.93 bits per heavy atom. The van der Waals surface area contributed by atoms with Crippen molar-refractivity contribution in [3.8, 4) is 6.07 Å². The maximum absolute atomic E-state index is 8.78. The van der Waals surface area contributed by atoms with Gasteiger partial charge in [0.2, 0.25) is 0 Å². The molecule has 0 unspecified atom stereocenters. The quantitative estimate of drug-likeness (QED) is 0.732. The summed E-state index contributed by atoms with van der Waals surface area (Å²) in [6, 6.07) is 7.24. The summed E-state index contributed by atoms with van der Waals surface area (Å²) in [5.74, 6) is 0. The van der Waals surface area contributed by atoms with Crippen molar-refractivity contribution in [1.29, 1.82) is 5.26 Å². The summed E-state index contributed by atoms with van der Waals surface area (Å²) >= 11 is 9.34. The van der Waals surface area contributed by atoms with E-state index in [-0.39, 0.29) is 0 Å². The number of hydrogen-bond acceptors (Lipinski definition) is 2. The van der Waals surface area contributed by atoms with Gasteiger partial charge in [-0.3, -0.25) is 4.98 Å². The van der Waals surface area contributed by atoms with E-state index >= 15 is 0 Å². The molecule has 0 saturated carbocycles. The van der Waals surface area contributed by atoms with Gasteiger partial charge in [-0.2, -0.15) is 5.26 Å². The van der Waals surface area contributed by atoms with Crippen molar-refractivity contribution in [3.05, 3.63) is 39.5 Å². The van der Waals surface area contributed by atoms with Gasteiger partial charge in [-0.15, -0.1) is 0 Å². The van der Waals surface area contributed by atoms with Crippen LogP contribution in [0.2, 0.25) is 5.02 Å². The number of aromatic nitrogens is 1. The van der Waals surface area contributed by atoms with Crippen LogP contribution in [0.4, 0.5) is 0 Å². The fourth-order valence-corrected chi connectivity index (χ4v) is 2.01. The van der Waals surface area contributed by atoms with Crippen LogP contribution in [0.3, 0.4) is 0 Å². The Bertz CT molecular complexity index is 546. The molecule has 0 fully saturated rings. The highest BCUT2D eigenvalue weighted by atomic mass is 79.9. The van der Waals surface area contributed by atoms with Crippen molar-refractivity contribution >= 4 is 38.4 Å². The minimum atomic E-state index is 0.569. The zero-order chi connectivity index (χ0) is 10.1. The number of fused-ring (bicyclic) bond motifs is 1. The molecule has 0 bridgehead atoms. The highest BCUT2D eigenvalue weighted by molar-refractivity contribution is 9.10. The van der Waals surface area contributed by atoms with Gasteiger partial charge in [-0.1, -0.05) is 11.6 Å². The van der Waals surface area contributed by atoms with Crippen molar-refractivity contribution in [3.63, 3.8) is 0 Å². The Morgan fingerprint density at radius 2 is 2.21 bits per heavy atom. The Morgan fingerprint density at radius 1 is 1.43 bits per heavy atom. The van der Waals surface area contributed by atoms with E-state index in [4.69, 9.17) is 16.9 Å². The van der Waals surface area contributed by atoms with Crippen LogP contribution in [0.25, 0.3) is 10.9 Å². The first-order valence-electron chi connectivity index (χ1n) is 3.86. The predicted octanol–water partition coefficient (Wildman–Crippen LogP) is 3.52. The van der Waals surface area contributed by atoms with Crippen LogP contribution in [0.1, 0.15) is 5.56 Å². The van der Waals surface area contributed by atoms with E-state index in [1.807, 2.05) is 0 Å². The molecule has 0 spiro atoms. The number of benzene rings is 1. The Labute approximate surface area is 94.3 Å². The molecular formula is C10H4BrClN2. The minimum Gasteiger partial charge on any atom is -0.255 e. The normalized spacial score (nSPS) is 10.1. The molecule has 1 aromatic carbocycles. The molecule has 0 aliphatic carbocycles. The molecule has 0 N–H and O–H groups in total. The van der Waals surface area contributed by atoms with Crippen LogP contribution in [-0.2, 0) is 0 Å². The third-order valence-electron chi connectivity index (χ3n) is 1.87. The van der Waals surface area contributed by atoms with Crippen LogP contribution in [0, 0.1) is 11.3 Å². The summed E-state index contributed by atoms with van der Waals surface area (Å²) in [5.41, 5.74) is 1.34. The first kappa shape index (κ1) is 9.45. The zero-order valence-corrected chi connectivity index (χ0v) is 9.30. The molecule has 0 aliphatic heterocycles. The van der Waals surface area contributed by atoms with E-state index in [2.05, 4.69) is 27.0 Å². The van der Waals surface area contributed by atoms with Gasteiger partial charge in [-0.25, -0.2) is 0 Å². The Balaban J connectivity index is 2.92. The molecule has 1 heterocycles. The Hall–Kier alpha value is -1.11. The molecule has 0 amide bonds. The molecule has 14 heavy (non-hydrogen) atoms. The number of halogens is 2. The lowest BCUT2D eigenvalue weighted by Gasteiger charge is -2.01. The first-order valence-corrected chi connectivity index (χ1v) is 5.03. The summed E-state index contributed by atoms with van der Waals surface area (Å²) in [6.07, 6.45) is 1.64. The SMILES string of the molecule is N#Cc1cc(Br)c2nccc(Cl)c2c1. The van der Waals surface area contributed by atoms with E-state index in [0.717, 1.165) is 15.4 Å². The molecule has 4 heteroatoms. The van der Waals surface area contributed by atoms with E-state index < -0.39 is 0 Å². The van der Waals surface area contributed by atoms with Gasteiger partial charge in [0, 0.05) is 16.1 Å². The highest BCUT2D eigenvalue weighted by Crippen LogP contribution is 2.28. The molecule has 0 radical (unpaired) electrons. The van der Waals surface area contributed by atoms with Crippen LogP contribution in [0.15, 0.2) is 28.9 Å². The predicted molar refractivity (Wildman–Crippen MR) is 59.2 cm³/mol. The van der Waals surface area contributed by atoms with Crippen molar-refractivity contribution in [2.75, 3.05) is 0 Å². The van der Waals surface area contributed by atoms with Crippen LogP contribution >= 0.6 is 27.5 Å². The largest absolute Gasteiger partial charge is 0.255 e.